The highest BCUT2D eigenvalue weighted by molar-refractivity contribution is 5.76. The van der Waals surface area contributed by atoms with E-state index < -0.39 is 0 Å². The van der Waals surface area contributed by atoms with Crippen LogP contribution in [-0.2, 0) is 14.1 Å². The second-order valence-electron chi connectivity index (χ2n) is 5.60. The maximum Gasteiger partial charge on any atom is 0.332 e. The standard InChI is InChI=1S/C16H15N5O2/c1-10-9-20-12-13(18(2)16(23)19(3)14(12)22)17-15(20)21(10)11-7-5-4-6-8-11/h4-9H,1-3H3. The van der Waals surface area contributed by atoms with E-state index in [9.17, 15) is 9.59 Å². The number of hydrogen-bond acceptors (Lipinski definition) is 3. The number of nitrogens with zero attached hydrogens (tertiary/aromatic N) is 5. The van der Waals surface area contributed by atoms with Crippen LogP contribution in [0.3, 0.4) is 0 Å². The Morgan fingerprint density at radius 3 is 2.39 bits per heavy atom. The normalized spacial score (nSPS) is 11.6. The lowest BCUT2D eigenvalue weighted by atomic mass is 10.3. The van der Waals surface area contributed by atoms with Crippen LogP contribution in [0.15, 0.2) is 46.1 Å². The third kappa shape index (κ3) is 1.67. The summed E-state index contributed by atoms with van der Waals surface area (Å²) in [7, 11) is 3.10. The highest BCUT2D eigenvalue weighted by atomic mass is 16.2. The Kier molecular flexibility index (Phi) is 2.63. The lowest BCUT2D eigenvalue weighted by Crippen LogP contribution is -2.37. The van der Waals surface area contributed by atoms with Crippen LogP contribution in [0.4, 0.5) is 0 Å². The average Bonchev–Trinajstić information content (AvgIpc) is 3.06. The monoisotopic (exact) mass is 309 g/mol. The van der Waals surface area contributed by atoms with Gasteiger partial charge in [-0.05, 0) is 19.1 Å². The molecule has 3 aromatic heterocycles. The highest BCUT2D eigenvalue weighted by Crippen LogP contribution is 2.20. The van der Waals surface area contributed by atoms with Crippen molar-refractivity contribution in [3.63, 3.8) is 0 Å². The van der Waals surface area contributed by atoms with Crippen molar-refractivity contribution >= 4 is 16.9 Å². The SMILES string of the molecule is Cc1cn2c3c(=O)n(C)c(=O)n(C)c3nc2n1-c1ccccc1. The van der Waals surface area contributed by atoms with Crippen LogP contribution in [0.5, 0.6) is 0 Å². The quantitative estimate of drug-likeness (QED) is 0.526. The van der Waals surface area contributed by atoms with E-state index in [0.29, 0.717) is 16.9 Å². The fraction of sp³-hybridized carbons (Fsp3) is 0.188. The Bertz CT molecular complexity index is 1170. The number of aryl methyl sites for hydroxylation is 2. The van der Waals surface area contributed by atoms with Crippen LogP contribution < -0.4 is 11.2 Å². The lowest BCUT2D eigenvalue weighted by Gasteiger charge is -2.04. The third-order valence-corrected chi connectivity index (χ3v) is 4.16. The minimum absolute atomic E-state index is 0.346. The van der Waals surface area contributed by atoms with Crippen LogP contribution in [0.2, 0.25) is 0 Å². The van der Waals surface area contributed by atoms with E-state index in [0.717, 1.165) is 15.9 Å². The van der Waals surface area contributed by atoms with Gasteiger partial charge in [0.2, 0.25) is 5.78 Å². The molecule has 0 atom stereocenters. The van der Waals surface area contributed by atoms with E-state index in [1.807, 2.05) is 48.0 Å². The predicted octanol–water partition coefficient (Wildman–Crippen LogP) is 0.984. The van der Waals surface area contributed by atoms with Gasteiger partial charge < -0.3 is 0 Å². The fourth-order valence-corrected chi connectivity index (χ4v) is 2.98. The van der Waals surface area contributed by atoms with Crippen molar-refractivity contribution in [1.29, 1.82) is 0 Å². The Morgan fingerprint density at radius 1 is 1.00 bits per heavy atom. The van der Waals surface area contributed by atoms with Crippen LogP contribution in [0.25, 0.3) is 22.6 Å². The molecule has 0 bridgehead atoms. The molecule has 0 aliphatic heterocycles. The first-order chi connectivity index (χ1) is 11.0. The van der Waals surface area contributed by atoms with E-state index >= 15 is 0 Å². The molecule has 0 spiro atoms. The van der Waals surface area contributed by atoms with E-state index in [1.165, 1.54) is 11.6 Å². The van der Waals surface area contributed by atoms with Gasteiger partial charge in [-0.2, -0.15) is 4.98 Å². The molecule has 0 N–H and O–H groups in total. The van der Waals surface area contributed by atoms with Crippen molar-refractivity contribution in [3.8, 4) is 5.69 Å². The van der Waals surface area contributed by atoms with Gasteiger partial charge in [-0.25, -0.2) is 4.79 Å². The van der Waals surface area contributed by atoms with Crippen LogP contribution in [0, 0.1) is 6.92 Å². The summed E-state index contributed by atoms with van der Waals surface area (Å²) in [6.07, 6.45) is 1.86. The summed E-state index contributed by atoms with van der Waals surface area (Å²) in [5, 5.41) is 0. The van der Waals surface area contributed by atoms with Crippen molar-refractivity contribution in [3.05, 3.63) is 63.1 Å². The molecule has 0 unspecified atom stereocenters. The number of imidazole rings is 2. The zero-order chi connectivity index (χ0) is 16.3. The fourth-order valence-electron chi connectivity index (χ4n) is 2.98. The van der Waals surface area contributed by atoms with Gasteiger partial charge in [-0.1, -0.05) is 18.2 Å². The lowest BCUT2D eigenvalue weighted by molar-refractivity contribution is 0.708. The molecule has 4 aromatic rings. The van der Waals surface area contributed by atoms with E-state index in [1.54, 1.807) is 11.4 Å². The molecule has 0 aliphatic rings. The third-order valence-electron chi connectivity index (χ3n) is 4.16. The zero-order valence-electron chi connectivity index (χ0n) is 13.0. The molecule has 116 valence electrons. The topological polar surface area (TPSA) is 66.2 Å². The van der Waals surface area contributed by atoms with Gasteiger partial charge in [0.05, 0.1) is 0 Å². The number of hydrogen-bond donors (Lipinski definition) is 0. The van der Waals surface area contributed by atoms with Crippen LogP contribution in [0.1, 0.15) is 5.69 Å². The summed E-state index contributed by atoms with van der Waals surface area (Å²) in [5.74, 6) is 0.613. The number of para-hydroxylation sites is 1. The molecule has 0 saturated carbocycles. The van der Waals surface area contributed by atoms with Gasteiger partial charge in [-0.15, -0.1) is 0 Å². The van der Waals surface area contributed by atoms with Crippen molar-refractivity contribution in [2.45, 2.75) is 6.92 Å². The molecule has 23 heavy (non-hydrogen) atoms. The number of rotatable bonds is 1. The Morgan fingerprint density at radius 2 is 1.70 bits per heavy atom. The smallest absolute Gasteiger partial charge is 0.283 e. The molecule has 0 amide bonds. The summed E-state index contributed by atoms with van der Waals surface area (Å²) in [5.41, 5.74) is 1.97. The molecule has 0 fully saturated rings. The second kappa shape index (κ2) is 4.45. The maximum atomic E-state index is 12.5. The van der Waals surface area contributed by atoms with Gasteiger partial charge in [0.25, 0.3) is 5.56 Å². The Balaban J connectivity index is 2.24. The molecule has 7 heteroatoms. The Labute approximate surface area is 130 Å². The van der Waals surface area contributed by atoms with Gasteiger partial charge in [0.1, 0.15) is 0 Å². The number of benzene rings is 1. The van der Waals surface area contributed by atoms with E-state index in [-0.39, 0.29) is 11.2 Å². The van der Waals surface area contributed by atoms with Gasteiger partial charge in [-0.3, -0.25) is 22.9 Å². The average molecular weight is 309 g/mol. The van der Waals surface area contributed by atoms with Crippen molar-refractivity contribution in [2.75, 3.05) is 0 Å². The number of fused-ring (bicyclic) bond motifs is 3. The van der Waals surface area contributed by atoms with Crippen LogP contribution in [-0.4, -0.2) is 23.1 Å². The summed E-state index contributed by atoms with van der Waals surface area (Å²) >= 11 is 0. The zero-order valence-corrected chi connectivity index (χ0v) is 13.0. The molecule has 0 saturated heterocycles. The van der Waals surface area contributed by atoms with E-state index in [4.69, 9.17) is 0 Å². The summed E-state index contributed by atoms with van der Waals surface area (Å²) in [6, 6.07) is 9.79. The van der Waals surface area contributed by atoms with Crippen LogP contribution >= 0.6 is 0 Å². The first kappa shape index (κ1) is 13.6. The van der Waals surface area contributed by atoms with Gasteiger partial charge in [0.15, 0.2) is 11.2 Å². The van der Waals surface area contributed by atoms with Gasteiger partial charge >= 0.3 is 5.69 Å². The molecule has 3 heterocycles. The predicted molar refractivity (Wildman–Crippen MR) is 87.2 cm³/mol. The second-order valence-corrected chi connectivity index (χ2v) is 5.60. The Hall–Kier alpha value is -3.09. The summed E-state index contributed by atoms with van der Waals surface area (Å²) in [4.78, 5) is 29.2. The molecular weight excluding hydrogens is 294 g/mol. The van der Waals surface area contributed by atoms with Crippen molar-refractivity contribution < 1.29 is 0 Å². The van der Waals surface area contributed by atoms with Crippen molar-refractivity contribution in [2.24, 2.45) is 14.1 Å². The molecule has 7 nitrogen and oxygen atoms in total. The molecule has 1 aromatic carbocycles. The molecular formula is C16H15N5O2. The minimum atomic E-state index is -0.383. The first-order valence-corrected chi connectivity index (χ1v) is 7.22. The maximum absolute atomic E-state index is 12.5. The van der Waals surface area contributed by atoms with Crippen molar-refractivity contribution in [1.82, 2.24) is 23.1 Å². The number of aromatic nitrogens is 5. The molecule has 4 rings (SSSR count). The largest absolute Gasteiger partial charge is 0.332 e. The first-order valence-electron chi connectivity index (χ1n) is 7.22. The minimum Gasteiger partial charge on any atom is -0.283 e. The van der Waals surface area contributed by atoms with E-state index in [2.05, 4.69) is 4.98 Å². The molecule has 0 radical (unpaired) electrons. The van der Waals surface area contributed by atoms with Gasteiger partial charge in [0, 0.05) is 31.7 Å². The summed E-state index contributed by atoms with van der Waals surface area (Å²) in [6.45, 7) is 1.96. The summed E-state index contributed by atoms with van der Waals surface area (Å²) < 4.78 is 6.21. The highest BCUT2D eigenvalue weighted by Gasteiger charge is 2.19. The molecule has 0 aliphatic carbocycles.